The van der Waals surface area contributed by atoms with Crippen LogP contribution < -0.4 is 5.32 Å². The van der Waals surface area contributed by atoms with Crippen LogP contribution in [0.4, 0.5) is 10.2 Å². The number of benzene rings is 1. The minimum absolute atomic E-state index is 0.0526. The lowest BCUT2D eigenvalue weighted by atomic mass is 10.2. The standard InChI is InChI=1S/C17H17FN4O3/c1-25-17(24)14-6-7-15(21-20-14)19-13-8-9-22(16(13)23)10-11-2-4-12(18)5-3-11/h2-7,13H,8-10H2,1H3,(H,19,21). The number of aromatic nitrogens is 2. The van der Waals surface area contributed by atoms with Gasteiger partial charge in [0, 0.05) is 13.1 Å². The monoisotopic (exact) mass is 344 g/mol. The number of nitrogens with one attached hydrogen (secondary N) is 1. The minimum atomic E-state index is -0.568. The van der Waals surface area contributed by atoms with Crippen LogP contribution in [0.15, 0.2) is 36.4 Å². The Labute approximate surface area is 143 Å². The molecule has 2 aromatic rings. The lowest BCUT2D eigenvalue weighted by molar-refractivity contribution is -0.128. The quantitative estimate of drug-likeness (QED) is 0.830. The number of rotatable bonds is 5. The highest BCUT2D eigenvalue weighted by Crippen LogP contribution is 2.18. The van der Waals surface area contributed by atoms with Crippen LogP contribution in [0.3, 0.4) is 0 Å². The molecular formula is C17H17FN4O3. The fourth-order valence-corrected chi connectivity index (χ4v) is 2.64. The van der Waals surface area contributed by atoms with E-state index in [9.17, 15) is 14.0 Å². The molecule has 1 aliphatic heterocycles. The van der Waals surface area contributed by atoms with E-state index in [-0.39, 0.29) is 17.4 Å². The number of esters is 1. The maximum atomic E-state index is 12.9. The number of methoxy groups -OCH3 is 1. The van der Waals surface area contributed by atoms with Crippen LogP contribution in [-0.2, 0) is 16.1 Å². The molecule has 1 aromatic heterocycles. The number of anilines is 1. The van der Waals surface area contributed by atoms with Crippen molar-refractivity contribution in [3.63, 3.8) is 0 Å². The van der Waals surface area contributed by atoms with E-state index < -0.39 is 12.0 Å². The van der Waals surface area contributed by atoms with Gasteiger partial charge in [0.1, 0.15) is 17.7 Å². The fraction of sp³-hybridized carbons (Fsp3) is 0.294. The van der Waals surface area contributed by atoms with E-state index in [0.29, 0.717) is 25.3 Å². The van der Waals surface area contributed by atoms with Gasteiger partial charge in [0.25, 0.3) is 0 Å². The number of likely N-dealkylation sites (tertiary alicyclic amines) is 1. The zero-order chi connectivity index (χ0) is 17.8. The highest BCUT2D eigenvalue weighted by atomic mass is 19.1. The Morgan fingerprint density at radius 1 is 1.28 bits per heavy atom. The summed E-state index contributed by atoms with van der Waals surface area (Å²) in [6.45, 7) is 1.03. The molecule has 0 spiro atoms. The van der Waals surface area contributed by atoms with Crippen molar-refractivity contribution in [2.75, 3.05) is 19.0 Å². The molecule has 8 heteroatoms. The van der Waals surface area contributed by atoms with Crippen molar-refractivity contribution < 1.29 is 18.7 Å². The topological polar surface area (TPSA) is 84.4 Å². The average Bonchev–Trinajstić information content (AvgIpc) is 2.97. The van der Waals surface area contributed by atoms with Crippen LogP contribution in [0.1, 0.15) is 22.5 Å². The van der Waals surface area contributed by atoms with Gasteiger partial charge in [0.15, 0.2) is 5.69 Å². The minimum Gasteiger partial charge on any atom is -0.464 e. The zero-order valence-electron chi connectivity index (χ0n) is 13.6. The van der Waals surface area contributed by atoms with Gasteiger partial charge >= 0.3 is 5.97 Å². The predicted octanol–water partition coefficient (Wildman–Crippen LogP) is 1.62. The molecule has 1 aliphatic rings. The molecule has 3 rings (SSSR count). The maximum absolute atomic E-state index is 12.9. The summed E-state index contributed by atoms with van der Waals surface area (Å²) in [5, 5.41) is 10.7. The Kier molecular flexibility index (Phi) is 4.87. The van der Waals surface area contributed by atoms with Crippen LogP contribution in [-0.4, -0.2) is 46.7 Å². The van der Waals surface area contributed by atoms with Gasteiger partial charge in [-0.3, -0.25) is 4.79 Å². The molecule has 1 unspecified atom stereocenters. The first-order valence-corrected chi connectivity index (χ1v) is 7.78. The van der Waals surface area contributed by atoms with Crippen molar-refractivity contribution in [3.8, 4) is 0 Å². The molecule has 1 saturated heterocycles. The summed E-state index contributed by atoms with van der Waals surface area (Å²) in [5.74, 6) is -0.510. The van der Waals surface area contributed by atoms with Crippen LogP contribution in [0.2, 0.25) is 0 Å². The first-order valence-electron chi connectivity index (χ1n) is 7.78. The Morgan fingerprint density at radius 2 is 2.04 bits per heavy atom. The molecule has 0 saturated carbocycles. The lowest BCUT2D eigenvalue weighted by Crippen LogP contribution is -2.33. The van der Waals surface area contributed by atoms with Gasteiger partial charge < -0.3 is 15.0 Å². The third kappa shape index (κ3) is 3.90. The number of amides is 1. The van der Waals surface area contributed by atoms with Crippen molar-refractivity contribution in [1.82, 2.24) is 15.1 Å². The molecular weight excluding hydrogens is 327 g/mol. The van der Waals surface area contributed by atoms with Gasteiger partial charge in [0.05, 0.1) is 7.11 Å². The molecule has 0 aliphatic carbocycles. The van der Waals surface area contributed by atoms with Crippen LogP contribution >= 0.6 is 0 Å². The Bertz CT molecular complexity index is 764. The van der Waals surface area contributed by atoms with Crippen molar-refractivity contribution in [2.24, 2.45) is 0 Å². The van der Waals surface area contributed by atoms with Crippen LogP contribution in [0, 0.1) is 5.82 Å². The van der Waals surface area contributed by atoms with Gasteiger partial charge in [0.2, 0.25) is 5.91 Å². The van der Waals surface area contributed by atoms with E-state index in [1.54, 1.807) is 23.1 Å². The molecule has 0 radical (unpaired) electrons. The van der Waals surface area contributed by atoms with E-state index in [4.69, 9.17) is 0 Å². The summed E-state index contributed by atoms with van der Waals surface area (Å²) < 4.78 is 17.5. The molecule has 0 bridgehead atoms. The second-order valence-corrected chi connectivity index (χ2v) is 5.67. The van der Waals surface area contributed by atoms with Gasteiger partial charge in [-0.05, 0) is 36.2 Å². The maximum Gasteiger partial charge on any atom is 0.358 e. The first kappa shape index (κ1) is 16.8. The number of hydrogen-bond acceptors (Lipinski definition) is 6. The highest BCUT2D eigenvalue weighted by Gasteiger charge is 2.31. The van der Waals surface area contributed by atoms with Gasteiger partial charge in [-0.15, -0.1) is 10.2 Å². The van der Waals surface area contributed by atoms with Gasteiger partial charge in [-0.25, -0.2) is 9.18 Å². The van der Waals surface area contributed by atoms with Crippen molar-refractivity contribution >= 4 is 17.7 Å². The largest absolute Gasteiger partial charge is 0.464 e. The summed E-state index contributed by atoms with van der Waals surface area (Å²) in [7, 11) is 1.27. The molecule has 7 nitrogen and oxygen atoms in total. The second-order valence-electron chi connectivity index (χ2n) is 5.67. The van der Waals surface area contributed by atoms with Crippen molar-refractivity contribution in [1.29, 1.82) is 0 Å². The van der Waals surface area contributed by atoms with E-state index in [0.717, 1.165) is 5.56 Å². The molecule has 2 heterocycles. The second kappa shape index (κ2) is 7.25. The summed E-state index contributed by atoms with van der Waals surface area (Å²) >= 11 is 0. The number of ether oxygens (including phenoxy) is 1. The highest BCUT2D eigenvalue weighted by molar-refractivity contribution is 5.88. The SMILES string of the molecule is COC(=O)c1ccc(NC2CCN(Cc3ccc(F)cc3)C2=O)nn1. The fourth-order valence-electron chi connectivity index (χ4n) is 2.64. The molecule has 1 aromatic carbocycles. The number of carbonyl (C=O) groups excluding carboxylic acids is 2. The molecule has 25 heavy (non-hydrogen) atoms. The van der Waals surface area contributed by atoms with E-state index in [2.05, 4.69) is 20.3 Å². The Hall–Kier alpha value is -3.03. The third-order valence-electron chi connectivity index (χ3n) is 3.97. The Morgan fingerprint density at radius 3 is 2.68 bits per heavy atom. The Balaban J connectivity index is 1.60. The van der Waals surface area contributed by atoms with E-state index >= 15 is 0 Å². The molecule has 130 valence electrons. The van der Waals surface area contributed by atoms with Gasteiger partial charge in [-0.2, -0.15) is 0 Å². The number of carbonyl (C=O) groups is 2. The summed E-state index contributed by atoms with van der Waals surface area (Å²) in [6.07, 6.45) is 0.625. The molecule has 1 atom stereocenters. The summed E-state index contributed by atoms with van der Waals surface area (Å²) in [4.78, 5) is 25.5. The number of halogens is 1. The average molecular weight is 344 g/mol. The summed E-state index contributed by atoms with van der Waals surface area (Å²) in [5.41, 5.74) is 0.973. The number of hydrogen-bond donors (Lipinski definition) is 1. The normalized spacial score (nSPS) is 16.8. The van der Waals surface area contributed by atoms with Crippen LogP contribution in [0.25, 0.3) is 0 Å². The molecule has 1 N–H and O–H groups in total. The zero-order valence-corrected chi connectivity index (χ0v) is 13.6. The van der Waals surface area contributed by atoms with Gasteiger partial charge in [-0.1, -0.05) is 12.1 Å². The predicted molar refractivity (Wildman–Crippen MR) is 87.2 cm³/mol. The van der Waals surface area contributed by atoms with E-state index in [1.807, 2.05) is 0 Å². The number of nitrogens with zero attached hydrogens (tertiary/aromatic N) is 3. The third-order valence-corrected chi connectivity index (χ3v) is 3.97. The van der Waals surface area contributed by atoms with Crippen LogP contribution in [0.5, 0.6) is 0 Å². The smallest absolute Gasteiger partial charge is 0.358 e. The van der Waals surface area contributed by atoms with Crippen molar-refractivity contribution in [2.45, 2.75) is 19.0 Å². The lowest BCUT2D eigenvalue weighted by Gasteiger charge is -2.17. The molecule has 1 fully saturated rings. The first-order chi connectivity index (χ1) is 12.1. The van der Waals surface area contributed by atoms with E-state index in [1.165, 1.54) is 25.3 Å². The molecule has 1 amide bonds. The van der Waals surface area contributed by atoms with Crippen molar-refractivity contribution in [3.05, 3.63) is 53.5 Å². The summed E-state index contributed by atoms with van der Waals surface area (Å²) in [6, 6.07) is 8.75.